The van der Waals surface area contributed by atoms with Crippen LogP contribution in [0.4, 0.5) is 0 Å². The van der Waals surface area contributed by atoms with Crippen molar-refractivity contribution < 1.29 is 19.5 Å². The molecule has 0 aromatic rings. The maximum Gasteiger partial charge on any atom is 0.248 e. The summed E-state index contributed by atoms with van der Waals surface area (Å²) in [6.07, 6.45) is 2.13. The van der Waals surface area contributed by atoms with Crippen LogP contribution in [0, 0.1) is 0 Å². The molecule has 3 heterocycles. The van der Waals surface area contributed by atoms with Crippen molar-refractivity contribution in [2.24, 2.45) is 0 Å². The number of carbonyl (C=O) groups excluding carboxylic acids is 3. The van der Waals surface area contributed by atoms with E-state index in [1.807, 2.05) is 6.26 Å². The van der Waals surface area contributed by atoms with Gasteiger partial charge in [-0.05, 0) is 12.7 Å². The summed E-state index contributed by atoms with van der Waals surface area (Å²) in [4.78, 5) is 39.8. The molecule has 0 aromatic heterocycles. The molecule has 2 N–H and O–H groups in total. The van der Waals surface area contributed by atoms with Crippen LogP contribution in [0.2, 0.25) is 0 Å². The number of carbonyl (C=O) groups is 3. The van der Waals surface area contributed by atoms with Crippen LogP contribution < -0.4 is 5.32 Å². The van der Waals surface area contributed by atoms with E-state index < -0.39 is 18.2 Å². The zero-order chi connectivity index (χ0) is 15.1. The molecule has 3 aliphatic rings. The lowest BCUT2D eigenvalue weighted by Gasteiger charge is -2.40. The van der Waals surface area contributed by atoms with Gasteiger partial charge < -0.3 is 20.2 Å². The monoisotopic (exact) mass is 313 g/mol. The molecule has 7 nitrogen and oxygen atoms in total. The van der Waals surface area contributed by atoms with Crippen LogP contribution in [-0.4, -0.2) is 82.0 Å². The van der Waals surface area contributed by atoms with Gasteiger partial charge in [-0.15, -0.1) is 0 Å². The first-order valence-electron chi connectivity index (χ1n) is 7.10. The van der Waals surface area contributed by atoms with Crippen LogP contribution in [-0.2, 0) is 14.4 Å². The van der Waals surface area contributed by atoms with Crippen molar-refractivity contribution in [3.05, 3.63) is 0 Å². The number of amides is 3. The Bertz CT molecular complexity index is 486. The lowest BCUT2D eigenvalue weighted by molar-refractivity contribution is -0.157. The number of rotatable bonds is 3. The van der Waals surface area contributed by atoms with Gasteiger partial charge in [0.1, 0.15) is 12.1 Å². The van der Waals surface area contributed by atoms with Crippen molar-refractivity contribution in [2.45, 2.75) is 37.1 Å². The Morgan fingerprint density at radius 3 is 2.86 bits per heavy atom. The molecule has 3 aliphatic heterocycles. The molecule has 0 aromatic carbocycles. The standard InChI is InChI=1S/C13H19N3O4S/c1-21-6-10(18)14-8-2-3-15-11(8)13(20)16-5-7(17)4-9(16)12(15)19/h7-9,11,17H,2-6H2,1H3,(H,14,18). The van der Waals surface area contributed by atoms with Gasteiger partial charge in [0, 0.05) is 19.5 Å². The molecular weight excluding hydrogens is 294 g/mol. The highest BCUT2D eigenvalue weighted by atomic mass is 32.2. The number of hydrogen-bond acceptors (Lipinski definition) is 5. The summed E-state index contributed by atoms with van der Waals surface area (Å²) in [5.74, 6) is -0.0183. The third kappa shape index (κ3) is 2.40. The number of thioether (sulfide) groups is 1. The number of piperazine rings is 1. The molecule has 0 aliphatic carbocycles. The van der Waals surface area contributed by atoms with Gasteiger partial charge in [0.2, 0.25) is 17.7 Å². The molecule has 8 heteroatoms. The van der Waals surface area contributed by atoms with Gasteiger partial charge in [-0.3, -0.25) is 14.4 Å². The molecule has 3 saturated heterocycles. The van der Waals surface area contributed by atoms with Gasteiger partial charge >= 0.3 is 0 Å². The topological polar surface area (TPSA) is 89.9 Å². The smallest absolute Gasteiger partial charge is 0.248 e. The van der Waals surface area contributed by atoms with Crippen molar-refractivity contribution in [2.75, 3.05) is 25.1 Å². The fraction of sp³-hybridized carbons (Fsp3) is 0.769. The van der Waals surface area contributed by atoms with Gasteiger partial charge in [-0.25, -0.2) is 0 Å². The van der Waals surface area contributed by atoms with E-state index in [9.17, 15) is 19.5 Å². The maximum absolute atomic E-state index is 12.6. The summed E-state index contributed by atoms with van der Waals surface area (Å²) in [5.41, 5.74) is 0. The minimum Gasteiger partial charge on any atom is -0.391 e. The predicted octanol–water partition coefficient (Wildman–Crippen LogP) is -1.59. The Hall–Kier alpha value is -1.28. The van der Waals surface area contributed by atoms with Crippen LogP contribution in [0.25, 0.3) is 0 Å². The highest BCUT2D eigenvalue weighted by Gasteiger charge is 2.54. The van der Waals surface area contributed by atoms with E-state index in [0.29, 0.717) is 25.1 Å². The minimum absolute atomic E-state index is 0.0993. The fourth-order valence-corrected chi connectivity index (χ4v) is 3.87. The third-order valence-corrected chi connectivity index (χ3v) is 4.95. The third-order valence-electron chi connectivity index (χ3n) is 4.40. The first-order valence-corrected chi connectivity index (χ1v) is 8.49. The molecule has 21 heavy (non-hydrogen) atoms. The van der Waals surface area contributed by atoms with Crippen LogP contribution in [0.5, 0.6) is 0 Å². The number of aliphatic hydroxyl groups is 1. The summed E-state index contributed by atoms with van der Waals surface area (Å²) >= 11 is 1.42. The van der Waals surface area contributed by atoms with Crippen molar-refractivity contribution in [3.63, 3.8) is 0 Å². The van der Waals surface area contributed by atoms with Crippen LogP contribution in [0.3, 0.4) is 0 Å². The van der Waals surface area contributed by atoms with E-state index >= 15 is 0 Å². The maximum atomic E-state index is 12.6. The zero-order valence-electron chi connectivity index (χ0n) is 11.8. The number of nitrogens with one attached hydrogen (secondary N) is 1. The average molecular weight is 313 g/mol. The molecule has 0 bridgehead atoms. The van der Waals surface area contributed by atoms with Crippen molar-refractivity contribution in [1.29, 1.82) is 0 Å². The molecule has 3 fully saturated rings. The zero-order valence-corrected chi connectivity index (χ0v) is 12.6. The van der Waals surface area contributed by atoms with E-state index in [4.69, 9.17) is 0 Å². The molecule has 0 saturated carbocycles. The van der Waals surface area contributed by atoms with Crippen LogP contribution >= 0.6 is 11.8 Å². The second-order valence-electron chi connectivity index (χ2n) is 5.77. The van der Waals surface area contributed by atoms with Crippen molar-refractivity contribution in [3.8, 4) is 0 Å². The van der Waals surface area contributed by atoms with E-state index in [1.54, 1.807) is 4.90 Å². The molecule has 3 amide bonds. The average Bonchev–Trinajstić information content (AvgIpc) is 3.01. The number of nitrogens with zero attached hydrogens (tertiary/aromatic N) is 2. The van der Waals surface area contributed by atoms with Crippen LogP contribution in [0.1, 0.15) is 12.8 Å². The van der Waals surface area contributed by atoms with Crippen LogP contribution in [0.15, 0.2) is 0 Å². The number of hydrogen-bond donors (Lipinski definition) is 2. The van der Waals surface area contributed by atoms with E-state index in [2.05, 4.69) is 5.32 Å². The lowest BCUT2D eigenvalue weighted by atomic mass is 10.0. The fourth-order valence-electron chi connectivity index (χ4n) is 3.53. The second kappa shape index (κ2) is 5.49. The van der Waals surface area contributed by atoms with Gasteiger partial charge in [0.25, 0.3) is 0 Å². The van der Waals surface area contributed by atoms with Gasteiger partial charge in [-0.1, -0.05) is 0 Å². The normalized spacial score (nSPS) is 35.0. The highest BCUT2D eigenvalue weighted by Crippen LogP contribution is 2.32. The van der Waals surface area contributed by atoms with Crippen molar-refractivity contribution >= 4 is 29.5 Å². The Balaban J connectivity index is 1.77. The lowest BCUT2D eigenvalue weighted by Crippen LogP contribution is -2.64. The summed E-state index contributed by atoms with van der Waals surface area (Å²) in [7, 11) is 0. The molecule has 4 atom stereocenters. The quantitative estimate of drug-likeness (QED) is 0.656. The molecule has 3 rings (SSSR count). The molecule has 0 spiro atoms. The Labute approximate surface area is 127 Å². The summed E-state index contributed by atoms with van der Waals surface area (Å²) < 4.78 is 0. The Morgan fingerprint density at radius 2 is 2.14 bits per heavy atom. The Morgan fingerprint density at radius 1 is 1.38 bits per heavy atom. The van der Waals surface area contributed by atoms with Gasteiger partial charge in [-0.2, -0.15) is 11.8 Å². The van der Waals surface area contributed by atoms with E-state index in [-0.39, 0.29) is 30.3 Å². The molecular formula is C13H19N3O4S. The second-order valence-corrected chi connectivity index (χ2v) is 6.63. The van der Waals surface area contributed by atoms with Gasteiger partial charge in [0.15, 0.2) is 0 Å². The van der Waals surface area contributed by atoms with E-state index in [0.717, 1.165) is 0 Å². The highest BCUT2D eigenvalue weighted by molar-refractivity contribution is 7.99. The largest absolute Gasteiger partial charge is 0.391 e. The molecule has 116 valence electrons. The Kier molecular flexibility index (Phi) is 3.83. The summed E-state index contributed by atoms with van der Waals surface area (Å²) in [6.45, 7) is 0.699. The van der Waals surface area contributed by atoms with Crippen molar-refractivity contribution in [1.82, 2.24) is 15.1 Å². The molecule has 0 radical (unpaired) electrons. The minimum atomic E-state index is -0.632. The first kappa shape index (κ1) is 14.6. The SMILES string of the molecule is CSCC(=O)NC1CCN2C(=O)C3CC(O)CN3C(=O)C12. The van der Waals surface area contributed by atoms with E-state index in [1.165, 1.54) is 16.7 Å². The molecule has 4 unspecified atom stereocenters. The summed E-state index contributed by atoms with van der Waals surface area (Å²) in [6, 6.07) is -1.45. The summed E-state index contributed by atoms with van der Waals surface area (Å²) in [5, 5.41) is 12.6. The van der Waals surface area contributed by atoms with Gasteiger partial charge in [0.05, 0.1) is 17.9 Å². The first-order chi connectivity index (χ1) is 10.0. The predicted molar refractivity (Wildman–Crippen MR) is 76.6 cm³/mol. The number of fused-ring (bicyclic) bond motifs is 2. The number of aliphatic hydroxyl groups excluding tert-OH is 1.